The summed E-state index contributed by atoms with van der Waals surface area (Å²) in [6.45, 7) is 0. The van der Waals surface area contributed by atoms with Gasteiger partial charge in [0.2, 0.25) is 0 Å². The molecule has 0 fully saturated rings. The first-order chi connectivity index (χ1) is 5.04. The molecule has 0 bridgehead atoms. The molecular formula is C5H3BrINO. The van der Waals surface area contributed by atoms with Gasteiger partial charge in [-0.2, -0.15) is 0 Å². The van der Waals surface area contributed by atoms with Crippen molar-refractivity contribution in [2.75, 3.05) is 0 Å². The van der Waals surface area contributed by atoms with Gasteiger partial charge < -0.3 is 5.11 Å². The Labute approximate surface area is 77.4 Å². The van der Waals surface area contributed by atoms with Gasteiger partial charge in [0.15, 0.2) is 0 Å². The lowest BCUT2D eigenvalue weighted by molar-refractivity contribution is 0.468. The van der Waals surface area contributed by atoms with Crippen LogP contribution in [0, 0.1) is 3.70 Å². The van der Waals surface area contributed by atoms with E-state index in [-0.39, 0.29) is 22.4 Å². The SMILES string of the molecule is [2H]c1c(I)nc(Br)c(O)c1[2H]. The maximum absolute atomic E-state index is 9.09. The summed E-state index contributed by atoms with van der Waals surface area (Å²) in [6.07, 6.45) is 0. The first-order valence-corrected chi connectivity index (χ1v) is 3.92. The Morgan fingerprint density at radius 2 is 2.44 bits per heavy atom. The average Bonchev–Trinajstić information content (AvgIpc) is 1.97. The highest BCUT2D eigenvalue weighted by molar-refractivity contribution is 14.1. The highest BCUT2D eigenvalue weighted by Gasteiger charge is 1.96. The zero-order valence-corrected chi connectivity index (χ0v) is 7.89. The molecule has 0 saturated carbocycles. The lowest BCUT2D eigenvalue weighted by Gasteiger charge is -1.93. The van der Waals surface area contributed by atoms with Crippen LogP contribution < -0.4 is 0 Å². The third kappa shape index (κ3) is 1.79. The molecule has 0 radical (unpaired) electrons. The summed E-state index contributed by atoms with van der Waals surface area (Å²) in [6, 6.07) is -0.248. The van der Waals surface area contributed by atoms with Crippen LogP contribution in [0.15, 0.2) is 16.7 Å². The Hall–Kier alpha value is 0.160. The van der Waals surface area contributed by atoms with Crippen LogP contribution in [-0.4, -0.2) is 10.1 Å². The van der Waals surface area contributed by atoms with E-state index in [1.54, 1.807) is 0 Å². The first-order valence-electron chi connectivity index (χ1n) is 3.05. The van der Waals surface area contributed by atoms with Crippen molar-refractivity contribution in [3.63, 3.8) is 0 Å². The van der Waals surface area contributed by atoms with Crippen molar-refractivity contribution in [1.82, 2.24) is 4.98 Å². The average molecular weight is 302 g/mol. The van der Waals surface area contributed by atoms with E-state index in [2.05, 4.69) is 20.9 Å². The minimum atomic E-state index is -0.282. The highest BCUT2D eigenvalue weighted by atomic mass is 127. The van der Waals surface area contributed by atoms with Crippen molar-refractivity contribution in [3.8, 4) is 5.75 Å². The maximum Gasteiger partial charge on any atom is 0.148 e. The fraction of sp³-hybridized carbons (Fsp3) is 0. The Kier molecular flexibility index (Phi) is 1.54. The molecule has 0 saturated heterocycles. The molecule has 0 unspecified atom stereocenters. The second kappa shape index (κ2) is 2.83. The number of aromatic hydroxyl groups is 1. The number of hydrogen-bond acceptors (Lipinski definition) is 2. The van der Waals surface area contributed by atoms with Gasteiger partial charge in [-0.25, -0.2) is 4.98 Å². The standard InChI is InChI=1S/C5H3BrINO/c6-5-3(9)1-2-4(7)8-5/h1-2,9H/i1D,2D. The molecule has 1 rings (SSSR count). The molecule has 2 nitrogen and oxygen atoms in total. The number of rotatable bonds is 0. The maximum atomic E-state index is 9.09. The summed E-state index contributed by atoms with van der Waals surface area (Å²) in [7, 11) is 0. The third-order valence-electron chi connectivity index (χ3n) is 0.676. The molecule has 0 aliphatic carbocycles. The van der Waals surface area contributed by atoms with Crippen molar-refractivity contribution >= 4 is 38.5 Å². The van der Waals surface area contributed by atoms with Crippen LogP contribution in [-0.2, 0) is 0 Å². The van der Waals surface area contributed by atoms with Gasteiger partial charge in [0.05, 0.1) is 2.74 Å². The van der Waals surface area contributed by atoms with Gasteiger partial charge in [-0.1, -0.05) is 0 Å². The van der Waals surface area contributed by atoms with Crippen molar-refractivity contribution in [2.24, 2.45) is 0 Å². The molecule has 0 amide bonds. The summed E-state index contributed by atoms with van der Waals surface area (Å²) in [5.74, 6) is -0.282. The molecule has 1 heterocycles. The fourth-order valence-electron chi connectivity index (χ4n) is 0.329. The fourth-order valence-corrected chi connectivity index (χ4v) is 1.31. The molecule has 1 aromatic rings. The Balaban J connectivity index is 3.46. The molecule has 1 aromatic heterocycles. The zero-order valence-electron chi connectivity index (χ0n) is 6.15. The summed E-state index contributed by atoms with van der Waals surface area (Å²) in [4.78, 5) is 3.78. The number of halogens is 2. The van der Waals surface area contributed by atoms with E-state index < -0.39 is 0 Å². The van der Waals surface area contributed by atoms with E-state index in [0.29, 0.717) is 3.70 Å². The second-order valence-corrected chi connectivity index (χ2v) is 3.06. The Bertz CT molecular complexity index is 281. The van der Waals surface area contributed by atoms with Crippen LogP contribution in [0.5, 0.6) is 5.75 Å². The molecule has 0 aromatic carbocycles. The molecule has 1 N–H and O–H groups in total. The molecule has 9 heavy (non-hydrogen) atoms. The van der Waals surface area contributed by atoms with E-state index >= 15 is 0 Å². The lowest BCUT2D eigenvalue weighted by atomic mass is 10.5. The molecular weight excluding hydrogens is 297 g/mol. The van der Waals surface area contributed by atoms with Gasteiger partial charge in [-0.15, -0.1) is 0 Å². The Morgan fingerprint density at radius 3 is 3.11 bits per heavy atom. The molecule has 0 aliphatic heterocycles. The number of hydrogen-bond donors (Lipinski definition) is 1. The van der Waals surface area contributed by atoms with E-state index in [4.69, 9.17) is 7.85 Å². The van der Waals surface area contributed by atoms with Crippen molar-refractivity contribution < 1.29 is 7.85 Å². The molecule has 0 aliphatic rings. The smallest absolute Gasteiger partial charge is 0.148 e. The second-order valence-electron chi connectivity index (χ2n) is 1.29. The lowest BCUT2D eigenvalue weighted by Crippen LogP contribution is -1.79. The van der Waals surface area contributed by atoms with Crippen LogP contribution in [0.1, 0.15) is 2.74 Å². The molecule has 4 heteroatoms. The summed E-state index contributed by atoms with van der Waals surface area (Å²) in [5.41, 5.74) is 0. The van der Waals surface area contributed by atoms with E-state index in [1.165, 1.54) is 0 Å². The highest BCUT2D eigenvalue weighted by Crippen LogP contribution is 2.20. The number of pyridine rings is 1. The predicted octanol–water partition coefficient (Wildman–Crippen LogP) is 2.15. The summed E-state index contributed by atoms with van der Waals surface area (Å²) in [5, 5.41) is 9.09. The normalized spacial score (nSPS) is 12.7. The van der Waals surface area contributed by atoms with Crippen molar-refractivity contribution in [1.29, 1.82) is 0 Å². The zero-order chi connectivity index (χ0) is 8.59. The van der Waals surface area contributed by atoms with Crippen LogP contribution in [0.4, 0.5) is 0 Å². The number of nitrogens with zero attached hydrogens (tertiary/aromatic N) is 1. The molecule has 0 atom stereocenters. The molecule has 0 spiro atoms. The summed E-state index contributed by atoms with van der Waals surface area (Å²) >= 11 is 4.79. The van der Waals surface area contributed by atoms with Crippen molar-refractivity contribution in [3.05, 3.63) is 20.4 Å². The van der Waals surface area contributed by atoms with Crippen LogP contribution >= 0.6 is 38.5 Å². The van der Waals surface area contributed by atoms with Gasteiger partial charge in [0, 0.05) is 0 Å². The van der Waals surface area contributed by atoms with Gasteiger partial charge in [-0.05, 0) is 50.6 Å². The largest absolute Gasteiger partial charge is 0.505 e. The number of aromatic nitrogens is 1. The van der Waals surface area contributed by atoms with Crippen LogP contribution in [0.3, 0.4) is 0 Å². The summed E-state index contributed by atoms with van der Waals surface area (Å²) < 4.78 is 15.1. The van der Waals surface area contributed by atoms with Gasteiger partial charge in [-0.3, -0.25) is 0 Å². The van der Waals surface area contributed by atoms with Crippen LogP contribution in [0.2, 0.25) is 0 Å². The van der Waals surface area contributed by atoms with Gasteiger partial charge in [0.1, 0.15) is 14.1 Å². The van der Waals surface area contributed by atoms with Gasteiger partial charge >= 0.3 is 0 Å². The van der Waals surface area contributed by atoms with E-state index in [0.717, 1.165) is 0 Å². The monoisotopic (exact) mass is 301 g/mol. The topological polar surface area (TPSA) is 33.1 Å². The van der Waals surface area contributed by atoms with Crippen molar-refractivity contribution in [2.45, 2.75) is 0 Å². The van der Waals surface area contributed by atoms with E-state index in [1.807, 2.05) is 22.6 Å². The molecule has 48 valence electrons. The Morgan fingerprint density at radius 1 is 1.78 bits per heavy atom. The van der Waals surface area contributed by atoms with E-state index in [9.17, 15) is 0 Å². The minimum Gasteiger partial charge on any atom is -0.505 e. The quantitative estimate of drug-likeness (QED) is 0.588. The minimum absolute atomic E-state index is 0.0497. The first kappa shape index (κ1) is 4.90. The predicted molar refractivity (Wildman–Crippen MR) is 46.3 cm³/mol. The van der Waals surface area contributed by atoms with Crippen LogP contribution in [0.25, 0.3) is 0 Å². The third-order valence-corrected chi connectivity index (χ3v) is 1.74. The van der Waals surface area contributed by atoms with Gasteiger partial charge in [0.25, 0.3) is 0 Å².